The highest BCUT2D eigenvalue weighted by Crippen LogP contribution is 2.62. The van der Waals surface area contributed by atoms with Gasteiger partial charge in [0.2, 0.25) is 0 Å². The minimum absolute atomic E-state index is 0.511. The van der Waals surface area contributed by atoms with E-state index in [4.69, 9.17) is 9.97 Å². The number of hydrogen-bond donors (Lipinski definition) is 0. The van der Waals surface area contributed by atoms with Gasteiger partial charge in [0.05, 0.1) is 28.4 Å². The monoisotopic (exact) mass is 729 g/mol. The molecule has 9 aromatic rings. The van der Waals surface area contributed by atoms with Crippen LogP contribution in [0.1, 0.15) is 27.8 Å². The van der Waals surface area contributed by atoms with E-state index in [0.29, 0.717) is 11.4 Å². The van der Waals surface area contributed by atoms with Crippen LogP contribution >= 0.6 is 11.8 Å². The predicted octanol–water partition coefficient (Wildman–Crippen LogP) is 13.0. The van der Waals surface area contributed by atoms with Crippen LogP contribution in [0.3, 0.4) is 0 Å². The molecule has 260 valence electrons. The zero-order chi connectivity index (χ0) is 37.2. The van der Waals surface area contributed by atoms with Crippen LogP contribution in [-0.4, -0.2) is 9.97 Å². The van der Waals surface area contributed by atoms with Gasteiger partial charge in [-0.2, -0.15) is 5.26 Å². The summed E-state index contributed by atoms with van der Waals surface area (Å²) in [4.78, 5) is 12.8. The fourth-order valence-corrected chi connectivity index (χ4v) is 10.1. The van der Waals surface area contributed by atoms with E-state index in [-0.39, 0.29) is 0 Å². The molecule has 0 N–H and O–H groups in total. The number of rotatable bonds is 4. The largest absolute Gasteiger partial charge is 0.228 e. The van der Waals surface area contributed by atoms with Crippen LogP contribution in [0, 0.1) is 11.3 Å². The van der Waals surface area contributed by atoms with Gasteiger partial charge in [-0.3, -0.25) is 0 Å². The lowest BCUT2D eigenvalue weighted by atomic mass is 9.67. The molecule has 0 unspecified atom stereocenters. The fourth-order valence-electron chi connectivity index (χ4n) is 8.95. The molecule has 0 saturated carbocycles. The maximum atomic E-state index is 9.96. The Morgan fingerprint density at radius 2 is 0.946 bits per heavy atom. The Morgan fingerprint density at radius 1 is 0.411 bits per heavy atom. The van der Waals surface area contributed by atoms with E-state index >= 15 is 0 Å². The van der Waals surface area contributed by atoms with Gasteiger partial charge >= 0.3 is 0 Å². The second kappa shape index (κ2) is 12.8. The van der Waals surface area contributed by atoms with E-state index in [1.165, 1.54) is 43.2 Å². The first kappa shape index (κ1) is 32.4. The summed E-state index contributed by atoms with van der Waals surface area (Å²) >= 11 is 1.85. The third kappa shape index (κ3) is 4.85. The maximum Gasteiger partial charge on any atom is 0.160 e. The molecular weight excluding hydrogens is 699 g/mol. The Hall–Kier alpha value is -7.06. The smallest absolute Gasteiger partial charge is 0.160 e. The first-order chi connectivity index (χ1) is 27.7. The number of aromatic nitrogens is 2. The quantitative estimate of drug-likeness (QED) is 0.181. The minimum atomic E-state index is -0.511. The molecule has 4 heteroatoms. The minimum Gasteiger partial charge on any atom is -0.228 e. The number of nitriles is 1. The average Bonchev–Trinajstić information content (AvgIpc) is 3.55. The normalized spacial score (nSPS) is 13.1. The SMILES string of the molecule is N#Cc1ccc(-c2ccc3c(c2)-c2cc(-c4cc(-c5ccccc5)nc(-c5ccccc5)n4)ccc2C32c3ccccc3Sc3ccccc32)c2ccccc12. The molecule has 2 aliphatic rings. The molecular formula is C52H31N3S. The van der Waals surface area contributed by atoms with Crippen molar-refractivity contribution < 1.29 is 0 Å². The van der Waals surface area contributed by atoms with Gasteiger partial charge in [0.25, 0.3) is 0 Å². The Labute approximate surface area is 329 Å². The molecule has 2 heterocycles. The molecule has 1 aliphatic carbocycles. The number of fused-ring (bicyclic) bond motifs is 10. The van der Waals surface area contributed by atoms with Gasteiger partial charge in [0.15, 0.2) is 5.82 Å². The number of benzene rings is 8. The highest BCUT2D eigenvalue weighted by molar-refractivity contribution is 7.99. The topological polar surface area (TPSA) is 49.6 Å². The van der Waals surface area contributed by atoms with Gasteiger partial charge in [-0.1, -0.05) is 163 Å². The standard InChI is InChI=1S/C52H31N3S/c53-32-37-23-26-39(40-18-8-7-17-38(37)40)35-24-27-43-41(29-35)42-30-36(48-31-47(33-13-3-1-4-14-33)54-51(55-48)34-15-5-2-6-16-34)25-28-44(42)52(43)45-19-9-11-21-49(45)56-50-22-12-10-20-46(50)52/h1-31H. The molecule has 1 aliphatic heterocycles. The molecule has 0 bridgehead atoms. The van der Waals surface area contributed by atoms with Gasteiger partial charge in [-0.15, -0.1) is 0 Å². The lowest BCUT2D eigenvalue weighted by Crippen LogP contribution is -2.31. The first-order valence-corrected chi connectivity index (χ1v) is 19.6. The molecule has 0 saturated heterocycles. The van der Waals surface area contributed by atoms with Gasteiger partial charge in [0, 0.05) is 31.9 Å². The van der Waals surface area contributed by atoms with Crippen molar-refractivity contribution in [1.82, 2.24) is 9.97 Å². The summed E-state index contributed by atoms with van der Waals surface area (Å²) in [7, 11) is 0. The molecule has 0 fully saturated rings. The van der Waals surface area contributed by atoms with Crippen molar-refractivity contribution >= 4 is 22.5 Å². The lowest BCUT2D eigenvalue weighted by molar-refractivity contribution is 0.722. The van der Waals surface area contributed by atoms with Crippen LogP contribution < -0.4 is 0 Å². The summed E-state index contributed by atoms with van der Waals surface area (Å²) in [6.07, 6.45) is 0. The van der Waals surface area contributed by atoms with Crippen LogP contribution in [0.4, 0.5) is 0 Å². The molecule has 0 radical (unpaired) electrons. The summed E-state index contributed by atoms with van der Waals surface area (Å²) in [5.74, 6) is 0.696. The highest BCUT2D eigenvalue weighted by atomic mass is 32.2. The Morgan fingerprint density at radius 3 is 1.61 bits per heavy atom. The highest BCUT2D eigenvalue weighted by Gasteiger charge is 2.50. The first-order valence-electron chi connectivity index (χ1n) is 18.8. The molecule has 56 heavy (non-hydrogen) atoms. The summed E-state index contributed by atoms with van der Waals surface area (Å²) < 4.78 is 0. The molecule has 0 atom stereocenters. The molecule has 1 aromatic heterocycles. The lowest BCUT2D eigenvalue weighted by Gasteiger charge is -2.39. The number of nitrogens with zero attached hydrogens (tertiary/aromatic N) is 3. The van der Waals surface area contributed by atoms with Crippen molar-refractivity contribution in [3.05, 3.63) is 216 Å². The molecule has 1 spiro atoms. The summed E-state index contributed by atoms with van der Waals surface area (Å²) in [5.41, 5.74) is 14.7. The molecule has 11 rings (SSSR count). The van der Waals surface area contributed by atoms with Gasteiger partial charge in [0.1, 0.15) is 0 Å². The molecule has 0 amide bonds. The van der Waals surface area contributed by atoms with Crippen LogP contribution in [0.5, 0.6) is 0 Å². The number of hydrogen-bond acceptors (Lipinski definition) is 4. The fraction of sp³-hybridized carbons (Fsp3) is 0.0192. The van der Waals surface area contributed by atoms with Crippen molar-refractivity contribution in [2.45, 2.75) is 15.2 Å². The predicted molar refractivity (Wildman–Crippen MR) is 227 cm³/mol. The van der Waals surface area contributed by atoms with Crippen molar-refractivity contribution in [1.29, 1.82) is 5.26 Å². The van der Waals surface area contributed by atoms with E-state index in [9.17, 15) is 5.26 Å². The van der Waals surface area contributed by atoms with E-state index in [1.54, 1.807) is 0 Å². The van der Waals surface area contributed by atoms with Crippen LogP contribution in [0.2, 0.25) is 0 Å². The van der Waals surface area contributed by atoms with Crippen molar-refractivity contribution in [2.75, 3.05) is 0 Å². The zero-order valence-electron chi connectivity index (χ0n) is 30.1. The van der Waals surface area contributed by atoms with Crippen LogP contribution in [0.15, 0.2) is 198 Å². The Balaban J connectivity index is 1.19. The third-order valence-corrected chi connectivity index (χ3v) is 12.6. The summed E-state index contributed by atoms with van der Waals surface area (Å²) in [6, 6.07) is 69.1. The van der Waals surface area contributed by atoms with Crippen molar-refractivity contribution in [2.24, 2.45) is 0 Å². The van der Waals surface area contributed by atoms with Gasteiger partial charge in [-0.05, 0) is 86.3 Å². The Bertz CT molecular complexity index is 2970. The maximum absolute atomic E-state index is 9.96. The van der Waals surface area contributed by atoms with Crippen molar-refractivity contribution in [3.63, 3.8) is 0 Å². The van der Waals surface area contributed by atoms with Gasteiger partial charge in [-0.25, -0.2) is 9.97 Å². The zero-order valence-corrected chi connectivity index (χ0v) is 31.0. The third-order valence-electron chi connectivity index (χ3n) is 11.4. The van der Waals surface area contributed by atoms with E-state index < -0.39 is 5.41 Å². The van der Waals surface area contributed by atoms with Crippen molar-refractivity contribution in [3.8, 4) is 62.2 Å². The average molecular weight is 730 g/mol. The summed E-state index contributed by atoms with van der Waals surface area (Å²) in [6.45, 7) is 0. The second-order valence-electron chi connectivity index (χ2n) is 14.4. The summed E-state index contributed by atoms with van der Waals surface area (Å²) in [5, 5.41) is 12.0. The molecule has 8 aromatic carbocycles. The van der Waals surface area contributed by atoms with E-state index in [2.05, 4.69) is 152 Å². The molecule has 3 nitrogen and oxygen atoms in total. The Kier molecular flexibility index (Phi) is 7.38. The second-order valence-corrected chi connectivity index (χ2v) is 15.5. The van der Waals surface area contributed by atoms with Gasteiger partial charge < -0.3 is 0 Å². The van der Waals surface area contributed by atoms with Crippen LogP contribution in [0.25, 0.3) is 66.9 Å². The van der Waals surface area contributed by atoms with Crippen LogP contribution in [-0.2, 0) is 5.41 Å². The van der Waals surface area contributed by atoms with E-state index in [0.717, 1.165) is 50.0 Å². The van der Waals surface area contributed by atoms with E-state index in [1.807, 2.05) is 54.2 Å².